The molecule has 0 amide bonds. The van der Waals surface area contributed by atoms with E-state index in [4.69, 9.17) is 0 Å². The number of benzene rings is 2. The molecule has 2 unspecified atom stereocenters. The summed E-state index contributed by atoms with van der Waals surface area (Å²) in [5, 5.41) is 11.3. The molecule has 0 fully saturated rings. The summed E-state index contributed by atoms with van der Waals surface area (Å²) in [6, 6.07) is 19.2. The molecule has 0 aromatic heterocycles. The minimum Gasteiger partial charge on any atom is -0.377 e. The Morgan fingerprint density at radius 2 is 1.62 bits per heavy atom. The van der Waals surface area contributed by atoms with Gasteiger partial charge in [-0.15, -0.1) is 0 Å². The molecule has 0 spiro atoms. The molecule has 0 aliphatic heterocycles. The number of Topliss-reactive ketones (excluding diaryl/α,β-unsaturated/α-hetero) is 1. The maximum atomic E-state index is 13.0. The van der Waals surface area contributed by atoms with Gasteiger partial charge >= 0.3 is 0 Å². The standard InChI is InChI=1S/C22H22O2/c1-17-9-8-14-20(16-15-18-10-4-2-5-11-18)22(17,24)21(23)19-12-6-3-7-13-19/h2-14,17,24H,15-16H2,1H3. The van der Waals surface area contributed by atoms with E-state index in [-0.39, 0.29) is 11.7 Å². The molecule has 0 saturated carbocycles. The lowest BCUT2D eigenvalue weighted by molar-refractivity contribution is 0.0306. The minimum absolute atomic E-state index is 0.223. The van der Waals surface area contributed by atoms with Crippen LogP contribution in [0.15, 0.2) is 84.5 Å². The quantitative estimate of drug-likeness (QED) is 0.831. The summed E-state index contributed by atoms with van der Waals surface area (Å²) < 4.78 is 0. The molecule has 24 heavy (non-hydrogen) atoms. The Balaban J connectivity index is 1.87. The van der Waals surface area contributed by atoms with Gasteiger partial charge in [0.2, 0.25) is 0 Å². The first-order chi connectivity index (χ1) is 11.6. The summed E-state index contributed by atoms with van der Waals surface area (Å²) in [6.45, 7) is 1.90. The highest BCUT2D eigenvalue weighted by Crippen LogP contribution is 2.36. The van der Waals surface area contributed by atoms with E-state index in [0.717, 1.165) is 12.0 Å². The summed E-state index contributed by atoms with van der Waals surface area (Å²) in [5.74, 6) is -0.472. The molecule has 2 aromatic carbocycles. The van der Waals surface area contributed by atoms with Crippen LogP contribution in [0.25, 0.3) is 0 Å². The maximum Gasteiger partial charge on any atom is 0.199 e. The number of aliphatic hydroxyl groups is 1. The fourth-order valence-electron chi connectivity index (χ4n) is 3.26. The van der Waals surface area contributed by atoms with Crippen molar-refractivity contribution >= 4 is 5.78 Å². The summed E-state index contributed by atoms with van der Waals surface area (Å²) >= 11 is 0. The van der Waals surface area contributed by atoms with Crippen LogP contribution in [-0.2, 0) is 6.42 Å². The third-order valence-corrected chi connectivity index (χ3v) is 4.75. The van der Waals surface area contributed by atoms with Crippen molar-refractivity contribution in [1.82, 2.24) is 0 Å². The van der Waals surface area contributed by atoms with Gasteiger partial charge in [0.25, 0.3) is 0 Å². The predicted octanol–water partition coefficient (Wildman–Crippen LogP) is 4.37. The van der Waals surface area contributed by atoms with E-state index in [2.05, 4.69) is 12.1 Å². The number of hydrogen-bond donors (Lipinski definition) is 1. The Labute approximate surface area is 143 Å². The van der Waals surface area contributed by atoms with Crippen molar-refractivity contribution in [1.29, 1.82) is 0 Å². The van der Waals surface area contributed by atoms with Crippen molar-refractivity contribution in [3.63, 3.8) is 0 Å². The largest absolute Gasteiger partial charge is 0.377 e. The lowest BCUT2D eigenvalue weighted by Gasteiger charge is -2.36. The Hall–Kier alpha value is -2.45. The van der Waals surface area contributed by atoms with E-state index < -0.39 is 5.60 Å². The zero-order chi connectivity index (χ0) is 17.0. The second kappa shape index (κ2) is 6.98. The van der Waals surface area contributed by atoms with E-state index in [1.54, 1.807) is 12.1 Å². The number of carbonyl (C=O) groups excluding carboxylic acids is 1. The Morgan fingerprint density at radius 3 is 2.29 bits per heavy atom. The number of aryl methyl sites for hydroxylation is 1. The summed E-state index contributed by atoms with van der Waals surface area (Å²) in [7, 11) is 0. The maximum absolute atomic E-state index is 13.0. The lowest BCUT2D eigenvalue weighted by atomic mass is 9.72. The molecule has 1 N–H and O–H groups in total. The molecule has 0 heterocycles. The number of ketones is 1. The lowest BCUT2D eigenvalue weighted by Crippen LogP contribution is -2.47. The topological polar surface area (TPSA) is 37.3 Å². The van der Waals surface area contributed by atoms with Crippen molar-refractivity contribution in [3.8, 4) is 0 Å². The van der Waals surface area contributed by atoms with Gasteiger partial charge < -0.3 is 5.11 Å². The molecular formula is C22H22O2. The second-order valence-corrected chi connectivity index (χ2v) is 6.31. The van der Waals surface area contributed by atoms with E-state index in [9.17, 15) is 9.90 Å². The van der Waals surface area contributed by atoms with Gasteiger partial charge in [-0.25, -0.2) is 0 Å². The molecule has 2 nitrogen and oxygen atoms in total. The van der Waals surface area contributed by atoms with E-state index in [1.807, 2.05) is 61.5 Å². The number of rotatable bonds is 5. The number of carbonyl (C=O) groups is 1. The van der Waals surface area contributed by atoms with Gasteiger partial charge in [-0.3, -0.25) is 4.79 Å². The SMILES string of the molecule is CC1C=CC=C(CCc2ccccc2)C1(O)C(=O)c1ccccc1. The van der Waals surface area contributed by atoms with E-state index >= 15 is 0 Å². The zero-order valence-electron chi connectivity index (χ0n) is 13.9. The van der Waals surface area contributed by atoms with E-state index in [0.29, 0.717) is 12.0 Å². The van der Waals surface area contributed by atoms with Gasteiger partial charge in [-0.05, 0) is 24.0 Å². The van der Waals surface area contributed by atoms with Crippen molar-refractivity contribution in [2.24, 2.45) is 5.92 Å². The smallest absolute Gasteiger partial charge is 0.199 e. The molecule has 2 heteroatoms. The first-order valence-corrected chi connectivity index (χ1v) is 8.36. The summed E-state index contributed by atoms with van der Waals surface area (Å²) in [4.78, 5) is 13.0. The van der Waals surface area contributed by atoms with Crippen LogP contribution < -0.4 is 0 Å². The van der Waals surface area contributed by atoms with Gasteiger partial charge in [0, 0.05) is 11.5 Å². The molecule has 122 valence electrons. The van der Waals surface area contributed by atoms with Gasteiger partial charge in [-0.2, -0.15) is 0 Å². The van der Waals surface area contributed by atoms with Crippen LogP contribution in [0.2, 0.25) is 0 Å². The second-order valence-electron chi connectivity index (χ2n) is 6.31. The molecule has 0 bridgehead atoms. The van der Waals surface area contributed by atoms with Crippen LogP contribution >= 0.6 is 0 Å². The van der Waals surface area contributed by atoms with Crippen LogP contribution in [0, 0.1) is 5.92 Å². The normalized spacial score (nSPS) is 22.9. The fourth-order valence-corrected chi connectivity index (χ4v) is 3.26. The highest BCUT2D eigenvalue weighted by Gasteiger charge is 2.44. The van der Waals surface area contributed by atoms with Crippen LogP contribution in [0.1, 0.15) is 29.3 Å². The molecule has 0 saturated heterocycles. The Morgan fingerprint density at radius 1 is 1.00 bits per heavy atom. The molecule has 2 atom stereocenters. The van der Waals surface area contributed by atoms with Gasteiger partial charge in [0.05, 0.1) is 0 Å². The number of hydrogen-bond acceptors (Lipinski definition) is 2. The van der Waals surface area contributed by atoms with Crippen molar-refractivity contribution in [2.45, 2.75) is 25.4 Å². The van der Waals surface area contributed by atoms with Gasteiger partial charge in [0.1, 0.15) is 0 Å². The average molecular weight is 318 g/mol. The van der Waals surface area contributed by atoms with Gasteiger partial charge in [0.15, 0.2) is 11.4 Å². The molecule has 3 rings (SSSR count). The third-order valence-electron chi connectivity index (χ3n) is 4.75. The van der Waals surface area contributed by atoms with Crippen molar-refractivity contribution in [2.75, 3.05) is 0 Å². The highest BCUT2D eigenvalue weighted by molar-refractivity contribution is 6.05. The van der Waals surface area contributed by atoms with Gasteiger partial charge in [-0.1, -0.05) is 85.8 Å². The Bertz CT molecular complexity index is 759. The molecule has 2 aromatic rings. The minimum atomic E-state index is -1.47. The molecule has 1 aliphatic rings. The molecular weight excluding hydrogens is 296 g/mol. The first-order valence-electron chi connectivity index (χ1n) is 8.36. The highest BCUT2D eigenvalue weighted by atomic mass is 16.3. The van der Waals surface area contributed by atoms with E-state index in [1.165, 1.54) is 5.56 Å². The molecule has 1 aliphatic carbocycles. The van der Waals surface area contributed by atoms with Crippen LogP contribution in [0.5, 0.6) is 0 Å². The van der Waals surface area contributed by atoms with Crippen LogP contribution in [0.4, 0.5) is 0 Å². The summed E-state index contributed by atoms with van der Waals surface area (Å²) in [5.41, 5.74) is 1.07. The molecule has 0 radical (unpaired) electrons. The van der Waals surface area contributed by atoms with Crippen LogP contribution in [0.3, 0.4) is 0 Å². The first kappa shape index (κ1) is 16.4. The van der Waals surface area contributed by atoms with Crippen molar-refractivity contribution in [3.05, 3.63) is 95.6 Å². The predicted molar refractivity (Wildman–Crippen MR) is 96.9 cm³/mol. The monoisotopic (exact) mass is 318 g/mol. The Kier molecular flexibility index (Phi) is 4.77. The fraction of sp³-hybridized carbons (Fsp3) is 0.227. The zero-order valence-corrected chi connectivity index (χ0v) is 13.9. The summed E-state index contributed by atoms with van der Waals surface area (Å²) in [6.07, 6.45) is 7.19. The number of allylic oxidation sites excluding steroid dienone is 2. The average Bonchev–Trinajstić information content (AvgIpc) is 2.64. The third kappa shape index (κ3) is 3.10. The van der Waals surface area contributed by atoms with Crippen molar-refractivity contribution < 1.29 is 9.90 Å². The van der Waals surface area contributed by atoms with Crippen LogP contribution in [-0.4, -0.2) is 16.5 Å².